The molecule has 2 rings (SSSR count). The molecule has 1 unspecified atom stereocenters. The largest absolute Gasteiger partial charge is 0.465 e. The lowest BCUT2D eigenvalue weighted by Crippen LogP contribution is -2.34. The zero-order valence-electron chi connectivity index (χ0n) is 11.9. The Hall–Kier alpha value is -1.71. The molecule has 1 aliphatic heterocycles. The molecule has 0 radical (unpaired) electrons. The molecule has 0 aliphatic carbocycles. The van der Waals surface area contributed by atoms with Crippen molar-refractivity contribution in [3.05, 3.63) is 23.3 Å². The van der Waals surface area contributed by atoms with Gasteiger partial charge in [-0.05, 0) is 43.4 Å². The minimum atomic E-state index is -0.368. The molecule has 0 saturated carbocycles. The van der Waals surface area contributed by atoms with Crippen molar-refractivity contribution in [2.45, 2.75) is 26.7 Å². The van der Waals surface area contributed by atoms with Gasteiger partial charge in [-0.2, -0.15) is 0 Å². The van der Waals surface area contributed by atoms with Crippen molar-refractivity contribution in [2.24, 2.45) is 5.92 Å². The van der Waals surface area contributed by atoms with Crippen LogP contribution in [0.1, 0.15) is 35.7 Å². The molecule has 1 aromatic carbocycles. The van der Waals surface area contributed by atoms with E-state index >= 15 is 0 Å². The van der Waals surface area contributed by atoms with Crippen LogP contribution in [0.25, 0.3) is 0 Å². The highest BCUT2D eigenvalue weighted by atomic mass is 16.5. The highest BCUT2D eigenvalue weighted by molar-refractivity contribution is 5.97. The van der Waals surface area contributed by atoms with Gasteiger partial charge in [0.1, 0.15) is 0 Å². The fraction of sp³-hybridized carbons (Fsp3) is 0.533. The van der Waals surface area contributed by atoms with Crippen LogP contribution in [0, 0.1) is 12.8 Å². The van der Waals surface area contributed by atoms with E-state index in [1.54, 1.807) is 0 Å². The van der Waals surface area contributed by atoms with Crippen LogP contribution >= 0.6 is 0 Å². The normalized spacial score (nSPS) is 19.3. The van der Waals surface area contributed by atoms with Crippen LogP contribution in [0.5, 0.6) is 0 Å². The predicted molar refractivity (Wildman–Crippen MR) is 77.5 cm³/mol. The second-order valence-corrected chi connectivity index (χ2v) is 5.41. The molecule has 1 aliphatic rings. The first-order valence-corrected chi connectivity index (χ1v) is 6.76. The van der Waals surface area contributed by atoms with Gasteiger partial charge in [0.25, 0.3) is 0 Å². The quantitative estimate of drug-likeness (QED) is 0.657. The number of esters is 1. The molecule has 1 heterocycles. The summed E-state index contributed by atoms with van der Waals surface area (Å²) in [5.74, 6) is 0.320. The van der Waals surface area contributed by atoms with Crippen molar-refractivity contribution in [2.75, 3.05) is 30.8 Å². The first-order chi connectivity index (χ1) is 9.02. The number of ether oxygens (including phenoxy) is 1. The van der Waals surface area contributed by atoms with E-state index < -0.39 is 0 Å². The molecule has 0 aromatic heterocycles. The summed E-state index contributed by atoms with van der Waals surface area (Å²) in [4.78, 5) is 14.1. The van der Waals surface area contributed by atoms with Gasteiger partial charge in [-0.1, -0.05) is 6.92 Å². The van der Waals surface area contributed by atoms with Crippen LogP contribution in [-0.2, 0) is 4.74 Å². The molecule has 0 bridgehead atoms. The number of nitrogens with two attached hydrogens (primary N) is 1. The van der Waals surface area contributed by atoms with Crippen LogP contribution < -0.4 is 10.6 Å². The number of rotatable bonds is 2. The molecule has 0 amide bonds. The van der Waals surface area contributed by atoms with Crippen LogP contribution in [0.3, 0.4) is 0 Å². The molecule has 1 fully saturated rings. The molecule has 0 spiro atoms. The topological polar surface area (TPSA) is 55.6 Å². The summed E-state index contributed by atoms with van der Waals surface area (Å²) in [6, 6.07) is 3.91. The minimum Gasteiger partial charge on any atom is -0.465 e. The van der Waals surface area contributed by atoms with E-state index in [9.17, 15) is 4.79 Å². The molecule has 1 atom stereocenters. The van der Waals surface area contributed by atoms with Gasteiger partial charge in [-0.3, -0.25) is 0 Å². The average Bonchev–Trinajstić information content (AvgIpc) is 2.40. The Kier molecular flexibility index (Phi) is 3.98. The lowest BCUT2D eigenvalue weighted by Gasteiger charge is -2.33. The molecule has 1 saturated heterocycles. The SMILES string of the molecule is COC(=O)c1cc(N2CCCC(C)C2)cc(C)c1N. The highest BCUT2D eigenvalue weighted by Crippen LogP contribution is 2.29. The highest BCUT2D eigenvalue weighted by Gasteiger charge is 2.20. The molecule has 4 nitrogen and oxygen atoms in total. The van der Waals surface area contributed by atoms with Crippen molar-refractivity contribution in [3.8, 4) is 0 Å². The third-order valence-corrected chi connectivity index (χ3v) is 3.80. The summed E-state index contributed by atoms with van der Waals surface area (Å²) in [5, 5.41) is 0. The Morgan fingerprint density at radius 1 is 1.47 bits per heavy atom. The Balaban J connectivity index is 2.36. The average molecular weight is 262 g/mol. The molecule has 104 valence electrons. The lowest BCUT2D eigenvalue weighted by molar-refractivity contribution is 0.0602. The summed E-state index contributed by atoms with van der Waals surface area (Å²) >= 11 is 0. The molecule has 4 heteroatoms. The first kappa shape index (κ1) is 13.7. The Bertz CT molecular complexity index is 485. The standard InChI is InChI=1S/C15H22N2O2/c1-10-5-4-6-17(9-10)12-7-11(2)14(16)13(8-12)15(18)19-3/h7-8,10H,4-6,9,16H2,1-3H3. The van der Waals surface area contributed by atoms with E-state index in [4.69, 9.17) is 10.5 Å². The number of hydrogen-bond acceptors (Lipinski definition) is 4. The van der Waals surface area contributed by atoms with Crippen molar-refractivity contribution < 1.29 is 9.53 Å². The van der Waals surface area contributed by atoms with Crippen LogP contribution in [-0.4, -0.2) is 26.2 Å². The second-order valence-electron chi connectivity index (χ2n) is 5.41. The maximum absolute atomic E-state index is 11.8. The van der Waals surface area contributed by atoms with E-state index in [0.717, 1.165) is 24.3 Å². The van der Waals surface area contributed by atoms with Gasteiger partial charge in [-0.15, -0.1) is 0 Å². The molecule has 19 heavy (non-hydrogen) atoms. The van der Waals surface area contributed by atoms with E-state index in [-0.39, 0.29) is 5.97 Å². The maximum Gasteiger partial charge on any atom is 0.340 e. The summed E-state index contributed by atoms with van der Waals surface area (Å²) in [6.07, 6.45) is 2.46. The Morgan fingerprint density at radius 2 is 2.21 bits per heavy atom. The number of benzene rings is 1. The van der Waals surface area contributed by atoms with Crippen molar-refractivity contribution in [1.29, 1.82) is 0 Å². The van der Waals surface area contributed by atoms with Gasteiger partial charge in [-0.25, -0.2) is 4.79 Å². The van der Waals surface area contributed by atoms with Gasteiger partial charge >= 0.3 is 5.97 Å². The number of carbonyl (C=O) groups excluding carboxylic acids is 1. The smallest absolute Gasteiger partial charge is 0.340 e. The van der Waals surface area contributed by atoms with Crippen molar-refractivity contribution in [1.82, 2.24) is 0 Å². The molecule has 1 aromatic rings. The third-order valence-electron chi connectivity index (χ3n) is 3.80. The van der Waals surface area contributed by atoms with Crippen LogP contribution in [0.15, 0.2) is 12.1 Å². The number of piperidine rings is 1. The van der Waals surface area contributed by atoms with Crippen molar-refractivity contribution >= 4 is 17.3 Å². The van der Waals surface area contributed by atoms with E-state index in [0.29, 0.717) is 17.2 Å². The maximum atomic E-state index is 11.8. The number of nitrogens with zero attached hydrogens (tertiary/aromatic N) is 1. The zero-order chi connectivity index (χ0) is 14.0. The van der Waals surface area contributed by atoms with Gasteiger partial charge in [0.05, 0.1) is 12.7 Å². The van der Waals surface area contributed by atoms with Crippen molar-refractivity contribution in [3.63, 3.8) is 0 Å². The lowest BCUT2D eigenvalue weighted by atomic mass is 9.98. The fourth-order valence-electron chi connectivity index (χ4n) is 2.66. The third kappa shape index (κ3) is 2.83. The van der Waals surface area contributed by atoms with Gasteiger partial charge < -0.3 is 15.4 Å². The number of carbonyl (C=O) groups is 1. The van der Waals surface area contributed by atoms with Gasteiger partial charge in [0.2, 0.25) is 0 Å². The summed E-state index contributed by atoms with van der Waals surface area (Å²) in [7, 11) is 1.38. The summed E-state index contributed by atoms with van der Waals surface area (Å²) in [6.45, 7) is 6.26. The fourth-order valence-corrected chi connectivity index (χ4v) is 2.66. The number of anilines is 2. The number of nitrogen functional groups attached to an aromatic ring is 1. The molecular weight excluding hydrogens is 240 g/mol. The zero-order valence-corrected chi connectivity index (χ0v) is 11.9. The monoisotopic (exact) mass is 262 g/mol. The summed E-state index contributed by atoms with van der Waals surface area (Å²) in [5.41, 5.74) is 8.94. The van der Waals surface area contributed by atoms with E-state index in [1.165, 1.54) is 20.0 Å². The van der Waals surface area contributed by atoms with Gasteiger partial charge in [0, 0.05) is 24.5 Å². The number of methoxy groups -OCH3 is 1. The number of aryl methyl sites for hydroxylation is 1. The predicted octanol–water partition coefficient (Wildman–Crippen LogP) is 2.60. The minimum absolute atomic E-state index is 0.368. The van der Waals surface area contributed by atoms with Gasteiger partial charge in [0.15, 0.2) is 0 Å². The molecule has 2 N–H and O–H groups in total. The van der Waals surface area contributed by atoms with Crippen LogP contribution in [0.2, 0.25) is 0 Å². The second kappa shape index (κ2) is 5.51. The summed E-state index contributed by atoms with van der Waals surface area (Å²) < 4.78 is 4.80. The Labute approximate surface area is 114 Å². The number of hydrogen-bond donors (Lipinski definition) is 1. The van der Waals surface area contributed by atoms with Crippen LogP contribution in [0.4, 0.5) is 11.4 Å². The van der Waals surface area contributed by atoms with E-state index in [1.807, 2.05) is 13.0 Å². The Morgan fingerprint density at radius 3 is 2.84 bits per heavy atom. The molecular formula is C15H22N2O2. The first-order valence-electron chi connectivity index (χ1n) is 6.76. The van der Waals surface area contributed by atoms with E-state index in [2.05, 4.69) is 17.9 Å².